The minimum atomic E-state index is -0.498. The van der Waals surface area contributed by atoms with E-state index in [2.05, 4.69) is 5.32 Å². The summed E-state index contributed by atoms with van der Waals surface area (Å²) in [5.74, 6) is -0.523. The molecule has 1 aliphatic rings. The van der Waals surface area contributed by atoms with Gasteiger partial charge in [-0.2, -0.15) is 0 Å². The lowest BCUT2D eigenvalue weighted by atomic mass is 9.88. The normalized spacial score (nSPS) is 17.8. The highest BCUT2D eigenvalue weighted by atomic mass is 16.6. The highest BCUT2D eigenvalue weighted by Gasteiger charge is 2.35. The molecule has 0 saturated carbocycles. The number of anilines is 1. The second-order valence-electron chi connectivity index (χ2n) is 8.34. The number of amides is 1. The number of hydrogen-bond donors (Lipinski definition) is 2. The molecule has 0 spiro atoms. The van der Waals surface area contributed by atoms with Crippen LogP contribution in [0.2, 0.25) is 0 Å². The fourth-order valence-electron chi connectivity index (χ4n) is 4.14. The molecule has 0 radical (unpaired) electrons. The number of ether oxygens (including phenoxy) is 1. The molecule has 170 valence electrons. The van der Waals surface area contributed by atoms with Crippen molar-refractivity contribution in [3.63, 3.8) is 0 Å². The summed E-state index contributed by atoms with van der Waals surface area (Å²) >= 11 is 0. The molecule has 6 nitrogen and oxygen atoms in total. The van der Waals surface area contributed by atoms with Crippen LogP contribution in [0.4, 0.5) is 10.5 Å². The van der Waals surface area contributed by atoms with Gasteiger partial charge in [0.15, 0.2) is 5.78 Å². The maximum Gasteiger partial charge on any atom is 0.410 e. The molecule has 0 aliphatic carbocycles. The van der Waals surface area contributed by atoms with Gasteiger partial charge in [0.2, 0.25) is 0 Å². The van der Waals surface area contributed by atoms with Gasteiger partial charge in [-0.1, -0.05) is 72.8 Å². The van der Waals surface area contributed by atoms with Crippen LogP contribution in [-0.4, -0.2) is 36.0 Å². The molecule has 3 aromatic carbocycles. The third-order valence-corrected chi connectivity index (χ3v) is 5.87. The summed E-state index contributed by atoms with van der Waals surface area (Å²) in [5.41, 5.74) is 8.98. The Bertz CT molecular complexity index is 1030. The topological polar surface area (TPSA) is 84.7 Å². The lowest BCUT2D eigenvalue weighted by molar-refractivity contribution is 0.0190. The SMILES string of the molecule is Nc1cccc(C(=O)C2CNCCC2OC(=O)N(Cc2ccccc2)Cc2ccccc2)c1. The van der Waals surface area contributed by atoms with Crippen LogP contribution in [0.1, 0.15) is 27.9 Å². The van der Waals surface area contributed by atoms with Crippen LogP contribution in [0.3, 0.4) is 0 Å². The molecular weight excluding hydrogens is 414 g/mol. The Kier molecular flexibility index (Phi) is 7.37. The van der Waals surface area contributed by atoms with E-state index in [1.54, 1.807) is 29.2 Å². The number of rotatable bonds is 7. The van der Waals surface area contributed by atoms with Gasteiger partial charge in [0.1, 0.15) is 6.10 Å². The quantitative estimate of drug-likeness (QED) is 0.421. The minimum absolute atomic E-state index is 0.0648. The lowest BCUT2D eigenvalue weighted by Gasteiger charge is -2.33. The number of piperidine rings is 1. The van der Waals surface area contributed by atoms with E-state index >= 15 is 0 Å². The van der Waals surface area contributed by atoms with Crippen LogP contribution < -0.4 is 11.1 Å². The summed E-state index contributed by atoms with van der Waals surface area (Å²) in [6.45, 7) is 2.00. The lowest BCUT2D eigenvalue weighted by Crippen LogP contribution is -2.47. The van der Waals surface area contributed by atoms with Gasteiger partial charge in [0.25, 0.3) is 0 Å². The summed E-state index contributed by atoms with van der Waals surface area (Å²) < 4.78 is 5.98. The first-order chi connectivity index (χ1) is 16.1. The van der Waals surface area contributed by atoms with Crippen molar-refractivity contribution in [2.24, 2.45) is 5.92 Å². The van der Waals surface area contributed by atoms with Gasteiger partial charge >= 0.3 is 6.09 Å². The van der Waals surface area contributed by atoms with Crippen molar-refractivity contribution in [3.05, 3.63) is 102 Å². The van der Waals surface area contributed by atoms with Crippen LogP contribution in [0.5, 0.6) is 0 Å². The minimum Gasteiger partial charge on any atom is -0.445 e. The first kappa shape index (κ1) is 22.6. The van der Waals surface area contributed by atoms with E-state index in [0.29, 0.717) is 43.9 Å². The van der Waals surface area contributed by atoms with Gasteiger partial charge in [-0.25, -0.2) is 4.79 Å². The van der Waals surface area contributed by atoms with Gasteiger partial charge in [0, 0.05) is 30.9 Å². The van der Waals surface area contributed by atoms with E-state index in [-0.39, 0.29) is 5.78 Å². The monoisotopic (exact) mass is 443 g/mol. The van der Waals surface area contributed by atoms with Gasteiger partial charge in [-0.3, -0.25) is 9.69 Å². The molecule has 4 rings (SSSR count). The van der Waals surface area contributed by atoms with E-state index in [1.807, 2.05) is 60.7 Å². The number of nitrogens with two attached hydrogens (primary N) is 1. The molecule has 1 heterocycles. The zero-order chi connectivity index (χ0) is 23.0. The van der Waals surface area contributed by atoms with Gasteiger partial charge in [-0.15, -0.1) is 0 Å². The third-order valence-electron chi connectivity index (χ3n) is 5.87. The average molecular weight is 444 g/mol. The number of Topliss-reactive ketones (excluding diaryl/α,β-unsaturated/α-hetero) is 1. The number of ketones is 1. The Labute approximate surface area is 194 Å². The molecule has 1 fully saturated rings. The van der Waals surface area contributed by atoms with Crippen LogP contribution in [-0.2, 0) is 17.8 Å². The fraction of sp³-hybridized carbons (Fsp3) is 0.259. The largest absolute Gasteiger partial charge is 0.445 e. The summed E-state index contributed by atoms with van der Waals surface area (Å²) in [4.78, 5) is 28.2. The number of benzene rings is 3. The molecule has 33 heavy (non-hydrogen) atoms. The maximum absolute atomic E-state index is 13.3. The molecule has 3 N–H and O–H groups in total. The van der Waals surface area contributed by atoms with Crippen molar-refractivity contribution in [2.75, 3.05) is 18.8 Å². The van der Waals surface area contributed by atoms with E-state index in [0.717, 1.165) is 11.1 Å². The van der Waals surface area contributed by atoms with Crippen LogP contribution >= 0.6 is 0 Å². The summed E-state index contributed by atoms with van der Waals surface area (Å²) in [6, 6.07) is 26.6. The predicted octanol–water partition coefficient (Wildman–Crippen LogP) is 4.27. The number of carbonyl (C=O) groups is 2. The van der Waals surface area contributed by atoms with E-state index in [4.69, 9.17) is 10.5 Å². The molecule has 0 bridgehead atoms. The van der Waals surface area contributed by atoms with Crippen LogP contribution in [0.25, 0.3) is 0 Å². The molecule has 6 heteroatoms. The summed E-state index contributed by atoms with van der Waals surface area (Å²) in [6.07, 6.45) is -0.337. The van der Waals surface area contributed by atoms with E-state index in [9.17, 15) is 9.59 Å². The molecule has 2 atom stereocenters. The second-order valence-corrected chi connectivity index (χ2v) is 8.34. The van der Waals surface area contributed by atoms with Crippen molar-refractivity contribution in [2.45, 2.75) is 25.6 Å². The van der Waals surface area contributed by atoms with Crippen molar-refractivity contribution < 1.29 is 14.3 Å². The van der Waals surface area contributed by atoms with Crippen molar-refractivity contribution in [1.82, 2.24) is 10.2 Å². The Morgan fingerprint density at radius 2 is 1.55 bits per heavy atom. The second kappa shape index (κ2) is 10.8. The van der Waals surface area contributed by atoms with Gasteiger partial charge in [-0.05, 0) is 36.2 Å². The standard InChI is InChI=1S/C27H29N3O3/c28-23-13-7-12-22(16-23)26(31)24-17-29-15-14-25(24)33-27(32)30(18-20-8-3-1-4-9-20)19-21-10-5-2-6-11-21/h1-13,16,24-25,29H,14-15,17-19,28H2. The molecular formula is C27H29N3O3. The summed E-state index contributed by atoms with van der Waals surface area (Å²) in [7, 11) is 0. The molecule has 2 unspecified atom stereocenters. The van der Waals surface area contributed by atoms with Crippen LogP contribution in [0.15, 0.2) is 84.9 Å². The molecule has 3 aromatic rings. The first-order valence-corrected chi connectivity index (χ1v) is 11.2. The van der Waals surface area contributed by atoms with Crippen molar-refractivity contribution in [3.8, 4) is 0 Å². The Morgan fingerprint density at radius 1 is 0.909 bits per heavy atom. The van der Waals surface area contributed by atoms with Crippen LogP contribution in [0, 0.1) is 5.92 Å². The Hall–Kier alpha value is -3.64. The van der Waals surface area contributed by atoms with Gasteiger partial charge < -0.3 is 15.8 Å². The fourth-order valence-corrected chi connectivity index (χ4v) is 4.14. The Morgan fingerprint density at radius 3 is 2.15 bits per heavy atom. The van der Waals surface area contributed by atoms with Gasteiger partial charge in [0.05, 0.1) is 5.92 Å². The van der Waals surface area contributed by atoms with Crippen molar-refractivity contribution in [1.29, 1.82) is 0 Å². The van der Waals surface area contributed by atoms with E-state index < -0.39 is 18.1 Å². The number of carbonyl (C=O) groups excluding carboxylic acids is 2. The maximum atomic E-state index is 13.3. The summed E-state index contributed by atoms with van der Waals surface area (Å²) in [5, 5.41) is 3.26. The number of nitrogen functional groups attached to an aromatic ring is 1. The molecule has 1 amide bonds. The molecule has 1 saturated heterocycles. The number of nitrogens with one attached hydrogen (secondary N) is 1. The Balaban J connectivity index is 1.51. The number of nitrogens with zero attached hydrogens (tertiary/aromatic N) is 1. The number of hydrogen-bond acceptors (Lipinski definition) is 5. The highest BCUT2D eigenvalue weighted by molar-refractivity contribution is 5.99. The van der Waals surface area contributed by atoms with Crippen molar-refractivity contribution >= 4 is 17.6 Å². The molecule has 1 aliphatic heterocycles. The zero-order valence-electron chi connectivity index (χ0n) is 18.5. The average Bonchev–Trinajstić information content (AvgIpc) is 2.85. The third kappa shape index (κ3) is 5.99. The zero-order valence-corrected chi connectivity index (χ0v) is 18.5. The molecule has 0 aromatic heterocycles. The highest BCUT2D eigenvalue weighted by Crippen LogP contribution is 2.23. The first-order valence-electron chi connectivity index (χ1n) is 11.2. The predicted molar refractivity (Wildman–Crippen MR) is 129 cm³/mol. The van der Waals surface area contributed by atoms with E-state index in [1.165, 1.54) is 0 Å². The smallest absolute Gasteiger partial charge is 0.410 e.